The summed E-state index contributed by atoms with van der Waals surface area (Å²) >= 11 is 6.89. The van der Waals surface area contributed by atoms with Crippen molar-refractivity contribution in [1.82, 2.24) is 9.97 Å². The predicted octanol–water partition coefficient (Wildman–Crippen LogP) is 3.59. The zero-order valence-corrected chi connectivity index (χ0v) is 10.4. The van der Waals surface area contributed by atoms with Crippen molar-refractivity contribution in [2.75, 3.05) is 0 Å². The fraction of sp³-hybridized carbons (Fsp3) is 0.111. The Morgan fingerprint density at radius 3 is 2.79 bits per heavy atom. The SMILES string of the molecule is Brc1ccsc1CSc1ncccn1. The van der Waals surface area contributed by atoms with Gasteiger partial charge in [-0.3, -0.25) is 0 Å². The van der Waals surface area contributed by atoms with Gasteiger partial charge in [-0.15, -0.1) is 11.3 Å². The molecule has 0 fully saturated rings. The number of nitrogens with zero attached hydrogens (tertiary/aromatic N) is 2. The van der Waals surface area contributed by atoms with Crippen LogP contribution >= 0.6 is 39.0 Å². The molecule has 72 valence electrons. The highest BCUT2D eigenvalue weighted by Gasteiger charge is 2.02. The standard InChI is InChI=1S/C9H7BrN2S2/c10-7-2-5-13-8(7)6-14-9-11-3-1-4-12-9/h1-5H,6H2. The summed E-state index contributed by atoms with van der Waals surface area (Å²) in [4.78, 5) is 9.62. The third kappa shape index (κ3) is 2.56. The minimum absolute atomic E-state index is 0.827. The Labute approximate surface area is 98.9 Å². The van der Waals surface area contributed by atoms with E-state index in [0.29, 0.717) is 0 Å². The maximum Gasteiger partial charge on any atom is 0.187 e. The van der Waals surface area contributed by atoms with Gasteiger partial charge in [-0.1, -0.05) is 11.8 Å². The lowest BCUT2D eigenvalue weighted by atomic mass is 10.5. The highest BCUT2D eigenvalue weighted by Crippen LogP contribution is 2.28. The van der Waals surface area contributed by atoms with Gasteiger partial charge < -0.3 is 0 Å². The second-order valence-electron chi connectivity index (χ2n) is 2.51. The first kappa shape index (κ1) is 10.1. The summed E-state index contributed by atoms with van der Waals surface area (Å²) in [7, 11) is 0. The molecule has 14 heavy (non-hydrogen) atoms. The summed E-state index contributed by atoms with van der Waals surface area (Å²) in [5, 5.41) is 2.90. The van der Waals surface area contributed by atoms with E-state index in [2.05, 4.69) is 37.3 Å². The Balaban J connectivity index is 1.99. The lowest BCUT2D eigenvalue weighted by Gasteiger charge is -1.97. The highest BCUT2D eigenvalue weighted by atomic mass is 79.9. The molecule has 0 aliphatic carbocycles. The molecule has 0 saturated heterocycles. The molecule has 0 amide bonds. The van der Waals surface area contributed by atoms with Gasteiger partial charge in [0.25, 0.3) is 0 Å². The molecule has 2 rings (SSSR count). The van der Waals surface area contributed by atoms with Crippen molar-refractivity contribution in [3.05, 3.63) is 39.3 Å². The molecule has 5 heteroatoms. The molecule has 0 aliphatic rings. The van der Waals surface area contributed by atoms with E-state index in [9.17, 15) is 0 Å². The highest BCUT2D eigenvalue weighted by molar-refractivity contribution is 9.10. The summed E-state index contributed by atoms with van der Waals surface area (Å²) in [6.45, 7) is 0. The molecule has 0 radical (unpaired) electrons. The van der Waals surface area contributed by atoms with Crippen LogP contribution in [0, 0.1) is 0 Å². The zero-order chi connectivity index (χ0) is 9.80. The molecule has 0 aliphatic heterocycles. The second kappa shape index (κ2) is 4.91. The van der Waals surface area contributed by atoms with Crippen LogP contribution in [0.25, 0.3) is 0 Å². The van der Waals surface area contributed by atoms with Crippen LogP contribution < -0.4 is 0 Å². The van der Waals surface area contributed by atoms with Gasteiger partial charge >= 0.3 is 0 Å². The predicted molar refractivity (Wildman–Crippen MR) is 63.6 cm³/mol. The maximum atomic E-state index is 4.15. The first-order valence-electron chi connectivity index (χ1n) is 3.98. The van der Waals surface area contributed by atoms with Crippen LogP contribution in [0.4, 0.5) is 0 Å². The Bertz CT molecular complexity index is 402. The quantitative estimate of drug-likeness (QED) is 0.637. The molecule has 0 unspecified atom stereocenters. The third-order valence-corrected chi connectivity index (χ3v) is 4.58. The van der Waals surface area contributed by atoms with Gasteiger partial charge in [0.1, 0.15) is 0 Å². The van der Waals surface area contributed by atoms with Crippen molar-refractivity contribution in [3.8, 4) is 0 Å². The van der Waals surface area contributed by atoms with Crippen molar-refractivity contribution in [1.29, 1.82) is 0 Å². The van der Waals surface area contributed by atoms with E-state index in [1.807, 2.05) is 6.07 Å². The normalized spacial score (nSPS) is 10.4. The van der Waals surface area contributed by atoms with Gasteiger partial charge in [0.05, 0.1) is 0 Å². The van der Waals surface area contributed by atoms with Crippen molar-refractivity contribution in [2.45, 2.75) is 10.9 Å². The number of halogens is 1. The van der Waals surface area contributed by atoms with Crippen molar-refractivity contribution in [3.63, 3.8) is 0 Å². The number of thiophene rings is 1. The van der Waals surface area contributed by atoms with E-state index in [4.69, 9.17) is 0 Å². The van der Waals surface area contributed by atoms with E-state index in [-0.39, 0.29) is 0 Å². The van der Waals surface area contributed by atoms with Gasteiger partial charge in [0, 0.05) is 27.5 Å². The molecule has 2 nitrogen and oxygen atoms in total. The number of rotatable bonds is 3. The molecule has 0 saturated carbocycles. The van der Waals surface area contributed by atoms with Crippen molar-refractivity contribution in [2.24, 2.45) is 0 Å². The Hall–Kier alpha value is -0.390. The zero-order valence-electron chi connectivity index (χ0n) is 7.18. The smallest absolute Gasteiger partial charge is 0.187 e. The molecular weight excluding hydrogens is 280 g/mol. The van der Waals surface area contributed by atoms with Gasteiger partial charge in [-0.05, 0) is 33.4 Å². The fourth-order valence-corrected chi connectivity index (χ4v) is 3.52. The van der Waals surface area contributed by atoms with Gasteiger partial charge in [-0.2, -0.15) is 0 Å². The van der Waals surface area contributed by atoms with Crippen LogP contribution in [-0.4, -0.2) is 9.97 Å². The van der Waals surface area contributed by atoms with Crippen LogP contribution in [0.1, 0.15) is 4.88 Å². The molecule has 0 bridgehead atoms. The largest absolute Gasteiger partial charge is 0.231 e. The number of aromatic nitrogens is 2. The van der Waals surface area contributed by atoms with E-state index in [1.54, 1.807) is 35.5 Å². The minimum Gasteiger partial charge on any atom is -0.231 e. The summed E-state index contributed by atoms with van der Waals surface area (Å²) < 4.78 is 1.17. The molecule has 0 spiro atoms. The van der Waals surface area contributed by atoms with Gasteiger partial charge in [0.15, 0.2) is 5.16 Å². The Morgan fingerprint density at radius 2 is 2.14 bits per heavy atom. The van der Waals surface area contributed by atoms with Gasteiger partial charge in [0.2, 0.25) is 0 Å². The van der Waals surface area contributed by atoms with E-state index in [0.717, 1.165) is 10.9 Å². The van der Waals surface area contributed by atoms with Crippen LogP contribution in [0.5, 0.6) is 0 Å². The average molecular weight is 287 g/mol. The third-order valence-electron chi connectivity index (χ3n) is 1.57. The van der Waals surface area contributed by atoms with Gasteiger partial charge in [-0.25, -0.2) is 9.97 Å². The molecule has 0 N–H and O–H groups in total. The Kier molecular flexibility index (Phi) is 3.55. The summed E-state index contributed by atoms with van der Waals surface area (Å²) in [5.74, 6) is 0.919. The summed E-state index contributed by atoms with van der Waals surface area (Å²) in [6.07, 6.45) is 3.53. The first-order chi connectivity index (χ1) is 6.86. The summed E-state index contributed by atoms with van der Waals surface area (Å²) in [6, 6.07) is 3.89. The molecule has 0 aromatic carbocycles. The topological polar surface area (TPSA) is 25.8 Å². The van der Waals surface area contributed by atoms with Crippen LogP contribution in [0.3, 0.4) is 0 Å². The summed E-state index contributed by atoms with van der Waals surface area (Å²) in [5.41, 5.74) is 0. The molecule has 0 atom stereocenters. The number of thioether (sulfide) groups is 1. The monoisotopic (exact) mass is 286 g/mol. The van der Waals surface area contributed by atoms with Crippen LogP contribution in [0.15, 0.2) is 39.5 Å². The number of hydrogen-bond acceptors (Lipinski definition) is 4. The van der Waals surface area contributed by atoms with E-state index in [1.165, 1.54) is 9.35 Å². The van der Waals surface area contributed by atoms with Crippen LogP contribution in [0.2, 0.25) is 0 Å². The van der Waals surface area contributed by atoms with E-state index < -0.39 is 0 Å². The average Bonchev–Trinajstić information content (AvgIpc) is 2.63. The molecular formula is C9H7BrN2S2. The van der Waals surface area contributed by atoms with Crippen molar-refractivity contribution < 1.29 is 0 Å². The van der Waals surface area contributed by atoms with E-state index >= 15 is 0 Å². The van der Waals surface area contributed by atoms with Crippen molar-refractivity contribution >= 4 is 39.0 Å². The minimum atomic E-state index is 0.827. The fourth-order valence-electron chi connectivity index (χ4n) is 0.918. The maximum absolute atomic E-state index is 4.15. The Morgan fingerprint density at radius 1 is 1.36 bits per heavy atom. The second-order valence-corrected chi connectivity index (χ2v) is 5.31. The lowest BCUT2D eigenvalue weighted by molar-refractivity contribution is 0.967. The van der Waals surface area contributed by atoms with Crippen LogP contribution in [-0.2, 0) is 5.75 Å². The number of hydrogen-bond donors (Lipinski definition) is 0. The molecule has 2 heterocycles. The lowest BCUT2D eigenvalue weighted by Crippen LogP contribution is -1.83. The molecule has 2 aromatic rings. The molecule has 2 aromatic heterocycles. The first-order valence-corrected chi connectivity index (χ1v) is 6.64.